The summed E-state index contributed by atoms with van der Waals surface area (Å²) in [6.07, 6.45) is 1.55. The Hall–Kier alpha value is -3.38. The highest BCUT2D eigenvalue weighted by molar-refractivity contribution is 5.97. The monoisotopic (exact) mass is 539 g/mol. The maximum absolute atomic E-state index is 12.6. The lowest BCUT2D eigenvalue weighted by atomic mass is 10.1. The summed E-state index contributed by atoms with van der Waals surface area (Å²) in [5.74, 6) is -0.886. The average molecular weight is 540 g/mol. The summed E-state index contributed by atoms with van der Waals surface area (Å²) in [7, 11) is 5.53. The molecule has 0 saturated carbocycles. The standard InChI is InChI=1S/C21H35N7O5.C3H8.C2H6/c1-27(2)11-12-28(3)21(32)33-14-15-6-8-16(9-7-15)25-19(30)17(26-18(29)13-22)5-4-10-24-20(23)31;1-3-2;1-2/h6-9,17H,4-5,10-14,22H2,1-3H3,(H,25,30)(H,26,29)(H3,23,24,31);3H2,1-2H3;1-2H3. The number of benzene rings is 1. The lowest BCUT2D eigenvalue weighted by Crippen LogP contribution is -2.46. The first-order valence-electron chi connectivity index (χ1n) is 13.0. The maximum atomic E-state index is 12.6. The summed E-state index contributed by atoms with van der Waals surface area (Å²) in [4.78, 5) is 50.5. The van der Waals surface area contributed by atoms with Crippen LogP contribution in [0.5, 0.6) is 0 Å². The highest BCUT2D eigenvalue weighted by atomic mass is 16.6. The topological polar surface area (TPSA) is 172 Å². The molecule has 1 rings (SSSR count). The molecule has 1 atom stereocenters. The van der Waals surface area contributed by atoms with Gasteiger partial charge >= 0.3 is 12.1 Å². The van der Waals surface area contributed by atoms with Crippen LogP contribution in [0.4, 0.5) is 15.3 Å². The molecule has 0 radical (unpaired) electrons. The first-order valence-corrected chi connectivity index (χ1v) is 13.0. The summed E-state index contributed by atoms with van der Waals surface area (Å²) in [6, 6.07) is 5.32. The Morgan fingerprint density at radius 2 is 1.58 bits per heavy atom. The van der Waals surface area contributed by atoms with Crippen molar-refractivity contribution in [1.82, 2.24) is 20.4 Å². The molecule has 0 aromatic heterocycles. The fourth-order valence-electron chi connectivity index (χ4n) is 2.65. The number of urea groups is 1. The molecular weight excluding hydrogens is 490 g/mol. The first kappa shape index (κ1) is 36.8. The number of primary amides is 1. The number of nitrogens with one attached hydrogen (secondary N) is 3. The number of hydrogen-bond acceptors (Lipinski definition) is 7. The van der Waals surface area contributed by atoms with Crippen LogP contribution in [0.2, 0.25) is 0 Å². The number of likely N-dealkylation sites (N-methyl/N-ethyl adjacent to an activating group) is 2. The van der Waals surface area contributed by atoms with Crippen LogP contribution in [0.15, 0.2) is 24.3 Å². The largest absolute Gasteiger partial charge is 0.445 e. The van der Waals surface area contributed by atoms with E-state index < -0.39 is 30.0 Å². The number of hydrogen-bond donors (Lipinski definition) is 5. The van der Waals surface area contributed by atoms with Gasteiger partial charge in [0, 0.05) is 32.4 Å². The van der Waals surface area contributed by atoms with Gasteiger partial charge in [-0.25, -0.2) is 9.59 Å². The smallest absolute Gasteiger partial charge is 0.409 e. The number of anilines is 1. The molecule has 0 bridgehead atoms. The molecule has 0 fully saturated rings. The van der Waals surface area contributed by atoms with E-state index in [0.717, 1.165) is 12.1 Å². The molecule has 12 nitrogen and oxygen atoms in total. The van der Waals surface area contributed by atoms with E-state index >= 15 is 0 Å². The van der Waals surface area contributed by atoms with E-state index in [2.05, 4.69) is 29.8 Å². The zero-order valence-corrected chi connectivity index (χ0v) is 24.1. The second kappa shape index (κ2) is 22.8. The Balaban J connectivity index is 0. The van der Waals surface area contributed by atoms with Crippen LogP contribution >= 0.6 is 0 Å². The molecule has 1 aromatic carbocycles. The second-order valence-corrected chi connectivity index (χ2v) is 8.43. The number of carbonyl (C=O) groups is 4. The highest BCUT2D eigenvalue weighted by Gasteiger charge is 2.20. The molecule has 0 heterocycles. The molecule has 218 valence electrons. The van der Waals surface area contributed by atoms with E-state index in [1.807, 2.05) is 32.8 Å². The van der Waals surface area contributed by atoms with Crippen molar-refractivity contribution in [2.75, 3.05) is 52.6 Å². The van der Waals surface area contributed by atoms with Gasteiger partial charge in [-0.15, -0.1) is 0 Å². The zero-order chi connectivity index (χ0) is 29.5. The Bertz CT molecular complexity index is 804. The molecule has 38 heavy (non-hydrogen) atoms. The minimum atomic E-state index is -0.825. The van der Waals surface area contributed by atoms with Crippen LogP contribution in [-0.2, 0) is 20.9 Å². The molecule has 0 aliphatic rings. The molecule has 1 aromatic rings. The van der Waals surface area contributed by atoms with Crippen molar-refractivity contribution in [3.63, 3.8) is 0 Å². The average Bonchev–Trinajstić information content (AvgIpc) is 2.89. The van der Waals surface area contributed by atoms with Crippen molar-refractivity contribution in [1.29, 1.82) is 0 Å². The van der Waals surface area contributed by atoms with Crippen LogP contribution < -0.4 is 27.4 Å². The van der Waals surface area contributed by atoms with E-state index in [4.69, 9.17) is 16.2 Å². The van der Waals surface area contributed by atoms with E-state index in [9.17, 15) is 19.2 Å². The summed E-state index contributed by atoms with van der Waals surface area (Å²) in [5.41, 5.74) is 11.6. The highest BCUT2D eigenvalue weighted by Crippen LogP contribution is 2.12. The van der Waals surface area contributed by atoms with E-state index in [1.54, 1.807) is 31.3 Å². The summed E-state index contributed by atoms with van der Waals surface area (Å²) in [6.45, 7) is 9.66. The Morgan fingerprint density at radius 3 is 2.08 bits per heavy atom. The van der Waals surface area contributed by atoms with Crippen molar-refractivity contribution >= 4 is 29.6 Å². The normalized spacial score (nSPS) is 10.6. The van der Waals surface area contributed by atoms with Gasteiger partial charge in [-0.05, 0) is 44.6 Å². The number of rotatable bonds is 13. The van der Waals surface area contributed by atoms with Gasteiger partial charge in [0.15, 0.2) is 0 Å². The summed E-state index contributed by atoms with van der Waals surface area (Å²) >= 11 is 0. The van der Waals surface area contributed by atoms with Crippen LogP contribution in [0.1, 0.15) is 52.5 Å². The fraction of sp³-hybridized carbons (Fsp3) is 0.615. The third kappa shape index (κ3) is 18.8. The number of nitrogens with zero attached hydrogens (tertiary/aromatic N) is 2. The van der Waals surface area contributed by atoms with Gasteiger partial charge in [-0.1, -0.05) is 46.2 Å². The van der Waals surface area contributed by atoms with Gasteiger partial charge in [0.25, 0.3) is 0 Å². The summed E-state index contributed by atoms with van der Waals surface area (Å²) in [5, 5.41) is 7.72. The lowest BCUT2D eigenvalue weighted by Gasteiger charge is -2.19. The van der Waals surface area contributed by atoms with Crippen LogP contribution in [-0.4, -0.2) is 87.1 Å². The SMILES string of the molecule is CC.CCC.CN(C)CCN(C)C(=O)OCc1ccc(NC(=O)C(CCCNC(N)=O)NC(=O)CN)cc1. The van der Waals surface area contributed by atoms with Gasteiger partial charge < -0.3 is 42.0 Å². The number of nitrogens with two attached hydrogens (primary N) is 2. The Kier molecular flexibility index (Phi) is 22.1. The van der Waals surface area contributed by atoms with Gasteiger partial charge in [0.2, 0.25) is 11.8 Å². The van der Waals surface area contributed by atoms with E-state index in [-0.39, 0.29) is 26.1 Å². The maximum Gasteiger partial charge on any atom is 0.409 e. The molecule has 7 N–H and O–H groups in total. The molecule has 12 heteroatoms. The van der Waals surface area contributed by atoms with Gasteiger partial charge in [-0.2, -0.15) is 0 Å². The minimum Gasteiger partial charge on any atom is -0.445 e. The van der Waals surface area contributed by atoms with Crippen LogP contribution in [0, 0.1) is 0 Å². The Labute approximate surface area is 227 Å². The van der Waals surface area contributed by atoms with Crippen molar-refractivity contribution in [2.45, 2.75) is 59.6 Å². The third-order valence-electron chi connectivity index (χ3n) is 4.58. The lowest BCUT2D eigenvalue weighted by molar-refractivity contribution is -0.125. The van der Waals surface area contributed by atoms with E-state index in [1.165, 1.54) is 11.3 Å². The van der Waals surface area contributed by atoms with Crippen molar-refractivity contribution in [3.8, 4) is 0 Å². The van der Waals surface area contributed by atoms with Gasteiger partial charge in [0.1, 0.15) is 12.6 Å². The summed E-state index contributed by atoms with van der Waals surface area (Å²) < 4.78 is 5.29. The van der Waals surface area contributed by atoms with Gasteiger partial charge in [0.05, 0.1) is 6.54 Å². The van der Waals surface area contributed by atoms with Crippen LogP contribution in [0.25, 0.3) is 0 Å². The molecular formula is C26H49N7O5. The minimum absolute atomic E-state index is 0.0986. The molecule has 0 aliphatic carbocycles. The number of carbonyl (C=O) groups excluding carboxylic acids is 4. The first-order chi connectivity index (χ1) is 18.0. The molecule has 0 spiro atoms. The molecule has 5 amide bonds. The molecule has 1 unspecified atom stereocenters. The predicted octanol–water partition coefficient (Wildman–Crippen LogP) is 2.09. The molecule has 0 aliphatic heterocycles. The van der Waals surface area contributed by atoms with Crippen molar-refractivity contribution in [2.24, 2.45) is 11.5 Å². The van der Waals surface area contributed by atoms with Crippen molar-refractivity contribution in [3.05, 3.63) is 29.8 Å². The van der Waals surface area contributed by atoms with E-state index in [0.29, 0.717) is 18.7 Å². The number of ether oxygens (including phenoxy) is 1. The third-order valence-corrected chi connectivity index (χ3v) is 4.58. The van der Waals surface area contributed by atoms with Crippen molar-refractivity contribution < 1.29 is 23.9 Å². The Morgan fingerprint density at radius 1 is 1.00 bits per heavy atom. The number of amides is 5. The quantitative estimate of drug-likeness (QED) is 0.239. The second-order valence-electron chi connectivity index (χ2n) is 8.43. The predicted molar refractivity (Wildman–Crippen MR) is 152 cm³/mol. The van der Waals surface area contributed by atoms with Gasteiger partial charge in [-0.3, -0.25) is 9.59 Å². The van der Waals surface area contributed by atoms with Crippen LogP contribution in [0.3, 0.4) is 0 Å². The molecule has 0 saturated heterocycles. The fourth-order valence-corrected chi connectivity index (χ4v) is 2.65. The zero-order valence-electron chi connectivity index (χ0n) is 24.1.